The van der Waals surface area contributed by atoms with Crippen LogP contribution in [-0.4, -0.2) is 11.6 Å². The third kappa shape index (κ3) is 1.32. The van der Waals surface area contributed by atoms with Gasteiger partial charge in [-0.3, -0.25) is 9.79 Å². The van der Waals surface area contributed by atoms with Crippen molar-refractivity contribution in [3.63, 3.8) is 0 Å². The highest BCUT2D eigenvalue weighted by molar-refractivity contribution is 6.20. The monoisotopic (exact) mass is 224 g/mol. The molecular formula is C14H12N2O. The van der Waals surface area contributed by atoms with Crippen LogP contribution in [0.1, 0.15) is 26.3 Å². The lowest BCUT2D eigenvalue weighted by Crippen LogP contribution is -2.19. The maximum atomic E-state index is 11.4. The quantitative estimate of drug-likeness (QED) is 0.659. The Balaban J connectivity index is 2.49. The second-order valence-corrected chi connectivity index (χ2v) is 4.46. The van der Waals surface area contributed by atoms with Crippen molar-refractivity contribution in [3.8, 4) is 0 Å². The summed E-state index contributed by atoms with van der Waals surface area (Å²) in [5.74, 6) is -0.186. The maximum absolute atomic E-state index is 11.4. The van der Waals surface area contributed by atoms with Gasteiger partial charge in [-0.15, -0.1) is 0 Å². The molecule has 2 aliphatic heterocycles. The highest BCUT2D eigenvalue weighted by Gasteiger charge is 2.18. The van der Waals surface area contributed by atoms with Crippen LogP contribution in [0.15, 0.2) is 28.2 Å². The molecule has 0 saturated carbocycles. The van der Waals surface area contributed by atoms with E-state index in [2.05, 4.69) is 16.9 Å². The van der Waals surface area contributed by atoms with Crippen LogP contribution < -0.4 is 10.6 Å². The Morgan fingerprint density at radius 2 is 1.82 bits per heavy atom. The van der Waals surface area contributed by atoms with Gasteiger partial charge in [-0.25, -0.2) is 4.99 Å². The molecule has 3 nitrogen and oxygen atoms in total. The zero-order valence-electron chi connectivity index (χ0n) is 10.0. The molecule has 0 aromatic heterocycles. The first kappa shape index (κ1) is 10.1. The van der Waals surface area contributed by atoms with E-state index < -0.39 is 0 Å². The van der Waals surface area contributed by atoms with Crippen LogP contribution in [0.5, 0.6) is 0 Å². The first-order valence-electron chi connectivity index (χ1n) is 5.59. The standard InChI is InChI=1S/C14H12N2O/c1-7-6-12(17)16-11-5-4-10-8(2)9(3)15-14(10)13(7)11/h4-6H,1-3H3. The third-order valence-electron chi connectivity index (χ3n) is 3.35. The molecule has 0 N–H and O–H groups in total. The fraction of sp³-hybridized carbons (Fsp3) is 0.214. The van der Waals surface area contributed by atoms with Gasteiger partial charge in [0.25, 0.3) is 5.91 Å². The first-order chi connectivity index (χ1) is 8.08. The molecule has 0 fully saturated rings. The largest absolute Gasteiger partial charge is 0.270 e. The van der Waals surface area contributed by atoms with Gasteiger partial charge >= 0.3 is 0 Å². The zero-order chi connectivity index (χ0) is 12.2. The Kier molecular flexibility index (Phi) is 1.93. The average molecular weight is 224 g/mol. The van der Waals surface area contributed by atoms with Crippen LogP contribution in [-0.2, 0) is 4.79 Å². The van der Waals surface area contributed by atoms with Crippen LogP contribution in [0.3, 0.4) is 0 Å². The number of amides is 1. The van der Waals surface area contributed by atoms with Crippen molar-refractivity contribution < 1.29 is 4.79 Å². The highest BCUT2D eigenvalue weighted by Crippen LogP contribution is 2.25. The Labute approximate surface area is 98.9 Å². The molecule has 84 valence electrons. The molecule has 0 bridgehead atoms. The molecule has 0 radical (unpaired) electrons. The summed E-state index contributed by atoms with van der Waals surface area (Å²) in [7, 11) is 0. The van der Waals surface area contributed by atoms with Gasteiger partial charge in [0.15, 0.2) is 0 Å². The van der Waals surface area contributed by atoms with Crippen LogP contribution in [0.4, 0.5) is 5.69 Å². The van der Waals surface area contributed by atoms with Gasteiger partial charge in [0.2, 0.25) is 0 Å². The van der Waals surface area contributed by atoms with Crippen molar-refractivity contribution >= 4 is 28.5 Å². The topological polar surface area (TPSA) is 41.8 Å². The first-order valence-corrected chi connectivity index (χ1v) is 5.59. The van der Waals surface area contributed by atoms with Crippen molar-refractivity contribution in [3.05, 3.63) is 34.3 Å². The number of allylic oxidation sites excluding steroid dienone is 1. The third-order valence-corrected chi connectivity index (χ3v) is 3.35. The number of fused-ring (bicyclic) bond motifs is 3. The lowest BCUT2D eigenvalue weighted by Gasteiger charge is -2.09. The fourth-order valence-electron chi connectivity index (χ4n) is 2.34. The van der Waals surface area contributed by atoms with Gasteiger partial charge < -0.3 is 0 Å². The summed E-state index contributed by atoms with van der Waals surface area (Å²) in [4.78, 5) is 20.0. The van der Waals surface area contributed by atoms with Crippen LogP contribution in [0, 0.1) is 0 Å². The molecule has 2 heterocycles. The Bertz CT molecular complexity index is 736. The minimum atomic E-state index is -0.186. The molecule has 1 amide bonds. The van der Waals surface area contributed by atoms with E-state index in [0.717, 1.165) is 33.1 Å². The van der Waals surface area contributed by atoms with Crippen LogP contribution in [0.2, 0.25) is 0 Å². The number of hydrogen-bond acceptors (Lipinski definition) is 2. The predicted octanol–water partition coefficient (Wildman–Crippen LogP) is 1.53. The molecule has 17 heavy (non-hydrogen) atoms. The van der Waals surface area contributed by atoms with Crippen molar-refractivity contribution in [2.75, 3.05) is 0 Å². The molecule has 3 heteroatoms. The molecule has 0 atom stereocenters. The summed E-state index contributed by atoms with van der Waals surface area (Å²) < 4.78 is 0. The minimum absolute atomic E-state index is 0.186. The summed E-state index contributed by atoms with van der Waals surface area (Å²) in [6, 6.07) is 3.90. The average Bonchev–Trinajstić information content (AvgIpc) is 2.54. The van der Waals surface area contributed by atoms with E-state index in [9.17, 15) is 4.79 Å². The Morgan fingerprint density at radius 3 is 2.59 bits per heavy atom. The summed E-state index contributed by atoms with van der Waals surface area (Å²) >= 11 is 0. The van der Waals surface area contributed by atoms with Crippen molar-refractivity contribution in [2.45, 2.75) is 20.8 Å². The molecular weight excluding hydrogens is 212 g/mol. The van der Waals surface area contributed by atoms with Crippen molar-refractivity contribution in [1.82, 2.24) is 0 Å². The van der Waals surface area contributed by atoms with Gasteiger partial charge in [-0.1, -0.05) is 6.07 Å². The molecule has 0 spiro atoms. The number of carbonyl (C=O) groups excluding carboxylic acids is 1. The van der Waals surface area contributed by atoms with E-state index in [1.807, 2.05) is 26.0 Å². The van der Waals surface area contributed by atoms with E-state index in [1.54, 1.807) is 6.08 Å². The number of rotatable bonds is 0. The van der Waals surface area contributed by atoms with E-state index in [4.69, 9.17) is 0 Å². The minimum Gasteiger partial charge on any atom is -0.267 e. The predicted molar refractivity (Wildman–Crippen MR) is 67.7 cm³/mol. The molecule has 0 saturated heterocycles. The van der Waals surface area contributed by atoms with Gasteiger partial charge in [0.05, 0.1) is 11.0 Å². The molecule has 3 rings (SSSR count). The lowest BCUT2D eigenvalue weighted by atomic mass is 10.00. The van der Waals surface area contributed by atoms with Gasteiger partial charge in [0.1, 0.15) is 0 Å². The van der Waals surface area contributed by atoms with Gasteiger partial charge in [-0.2, -0.15) is 0 Å². The molecule has 0 aliphatic carbocycles. The zero-order valence-corrected chi connectivity index (χ0v) is 10.0. The lowest BCUT2D eigenvalue weighted by molar-refractivity contribution is -0.113. The van der Waals surface area contributed by atoms with E-state index in [1.165, 1.54) is 5.57 Å². The van der Waals surface area contributed by atoms with Gasteiger partial charge in [-0.05, 0) is 38.0 Å². The summed E-state index contributed by atoms with van der Waals surface area (Å²) in [5.41, 5.74) is 5.15. The summed E-state index contributed by atoms with van der Waals surface area (Å²) in [6.07, 6.45) is 1.57. The number of carbonyl (C=O) groups is 1. The smallest absolute Gasteiger partial charge is 0.267 e. The number of hydrogen-bond donors (Lipinski definition) is 0. The molecule has 2 aliphatic rings. The van der Waals surface area contributed by atoms with Crippen molar-refractivity contribution in [2.24, 2.45) is 9.98 Å². The van der Waals surface area contributed by atoms with Crippen LogP contribution in [0.25, 0.3) is 11.1 Å². The molecule has 1 aromatic carbocycles. The van der Waals surface area contributed by atoms with Gasteiger partial charge in [0, 0.05) is 22.6 Å². The second-order valence-electron chi connectivity index (χ2n) is 4.46. The summed E-state index contributed by atoms with van der Waals surface area (Å²) in [5, 5.41) is 1.89. The summed E-state index contributed by atoms with van der Waals surface area (Å²) in [6.45, 7) is 6.01. The normalized spacial score (nSPS) is 17.1. The number of nitrogens with zero attached hydrogens (tertiary/aromatic N) is 2. The second kappa shape index (κ2) is 3.23. The van der Waals surface area contributed by atoms with E-state index >= 15 is 0 Å². The van der Waals surface area contributed by atoms with E-state index in [-0.39, 0.29) is 5.91 Å². The number of benzene rings is 1. The molecule has 1 aromatic rings. The number of aliphatic imine (C=N–C) groups is 1. The maximum Gasteiger partial charge on any atom is 0.270 e. The van der Waals surface area contributed by atoms with E-state index in [0.29, 0.717) is 0 Å². The Morgan fingerprint density at radius 1 is 1.06 bits per heavy atom. The van der Waals surface area contributed by atoms with Crippen molar-refractivity contribution in [1.29, 1.82) is 0 Å². The Hall–Kier alpha value is -2.03. The highest BCUT2D eigenvalue weighted by atomic mass is 16.1. The SMILES string of the molecule is CC1=CC(=O)N=c2ccc3c(c21)N=C(C)C=3C. The molecule has 0 unspecified atom stereocenters. The fourth-order valence-corrected chi connectivity index (χ4v) is 2.34. The van der Waals surface area contributed by atoms with Crippen LogP contribution >= 0.6 is 0 Å².